The first-order chi connectivity index (χ1) is 19.2. The maximum absolute atomic E-state index is 14.8. The lowest BCUT2D eigenvalue weighted by Gasteiger charge is -2.44. The molecule has 202 valence electrons. The standard InChI is InChI=1S/C31H25Cl2N3O4/c1-3-4-12-35-25-10-8-18(2)13-24(25)31(29(35)37)20(17-34)16-30(36(38)39)27(31)23-15-22(33)9-11-26(23)40-28(30)19-6-5-7-21(32)14-19/h5-11,13-16,27-28H,3-4,12H2,1-2H3. The topological polar surface area (TPSA) is 96.5 Å². The molecule has 3 aromatic carbocycles. The number of rotatable bonds is 5. The highest BCUT2D eigenvalue weighted by Gasteiger charge is 2.77. The number of aryl methyl sites for hydroxylation is 1. The van der Waals surface area contributed by atoms with Crippen LogP contribution in [0.2, 0.25) is 10.0 Å². The average molecular weight is 574 g/mol. The molecule has 0 saturated heterocycles. The van der Waals surface area contributed by atoms with Gasteiger partial charge in [0.05, 0.1) is 17.6 Å². The van der Waals surface area contributed by atoms with Crippen molar-refractivity contribution in [2.45, 2.75) is 49.7 Å². The first-order valence-corrected chi connectivity index (χ1v) is 13.9. The Morgan fingerprint density at radius 2 is 1.90 bits per heavy atom. The Kier molecular flexibility index (Phi) is 6.17. The number of carbonyl (C=O) groups excluding carboxylic acids is 1. The SMILES string of the molecule is CCCCN1C(=O)C2(C(C#N)=CC3([N+](=O)[O-])C(c4cccc(Cl)c4)Oc4ccc(Cl)cc4C23)c2cc(C)ccc21. The Morgan fingerprint density at radius 3 is 2.60 bits per heavy atom. The number of ether oxygens (including phenoxy) is 1. The van der Waals surface area contributed by atoms with Crippen LogP contribution in [-0.4, -0.2) is 22.9 Å². The van der Waals surface area contributed by atoms with E-state index in [1.807, 2.05) is 32.0 Å². The van der Waals surface area contributed by atoms with E-state index in [1.165, 1.54) is 6.08 Å². The van der Waals surface area contributed by atoms with Crippen LogP contribution in [0.15, 0.2) is 72.3 Å². The van der Waals surface area contributed by atoms with Gasteiger partial charge in [0, 0.05) is 44.4 Å². The predicted octanol–water partition coefficient (Wildman–Crippen LogP) is 7.08. The van der Waals surface area contributed by atoms with Crippen LogP contribution in [0.1, 0.15) is 54.0 Å². The van der Waals surface area contributed by atoms with Gasteiger partial charge in [-0.3, -0.25) is 14.9 Å². The van der Waals surface area contributed by atoms with Crippen molar-refractivity contribution >= 4 is 34.8 Å². The van der Waals surface area contributed by atoms with Gasteiger partial charge in [-0.25, -0.2) is 0 Å². The highest BCUT2D eigenvalue weighted by molar-refractivity contribution is 6.31. The number of fused-ring (bicyclic) bond motifs is 6. The molecule has 40 heavy (non-hydrogen) atoms. The van der Waals surface area contributed by atoms with Gasteiger partial charge < -0.3 is 9.64 Å². The van der Waals surface area contributed by atoms with E-state index >= 15 is 0 Å². The Morgan fingerprint density at radius 1 is 1.12 bits per heavy atom. The molecule has 0 fully saturated rings. The Hall–Kier alpha value is -3.86. The van der Waals surface area contributed by atoms with Crippen molar-refractivity contribution in [3.05, 3.63) is 115 Å². The molecule has 9 heteroatoms. The van der Waals surface area contributed by atoms with Crippen molar-refractivity contribution in [3.8, 4) is 11.8 Å². The number of nitriles is 1. The number of amides is 1. The van der Waals surface area contributed by atoms with Crippen molar-refractivity contribution < 1.29 is 14.5 Å². The summed E-state index contributed by atoms with van der Waals surface area (Å²) >= 11 is 12.8. The van der Waals surface area contributed by atoms with Crippen molar-refractivity contribution in [1.82, 2.24) is 0 Å². The second-order valence-corrected chi connectivity index (χ2v) is 11.5. The zero-order valence-corrected chi connectivity index (χ0v) is 23.4. The number of hydrogen-bond donors (Lipinski definition) is 0. The van der Waals surface area contributed by atoms with Crippen LogP contribution in [0.25, 0.3) is 0 Å². The summed E-state index contributed by atoms with van der Waals surface area (Å²) in [6.07, 6.45) is 1.78. The summed E-state index contributed by atoms with van der Waals surface area (Å²) in [5.74, 6) is -1.09. The summed E-state index contributed by atoms with van der Waals surface area (Å²) in [6, 6.07) is 19.6. The summed E-state index contributed by atoms with van der Waals surface area (Å²) in [7, 11) is 0. The summed E-state index contributed by atoms with van der Waals surface area (Å²) in [5.41, 5.74) is -0.592. The molecule has 0 N–H and O–H groups in total. The molecule has 0 saturated carbocycles. The lowest BCUT2D eigenvalue weighted by atomic mass is 9.60. The van der Waals surface area contributed by atoms with Crippen LogP contribution < -0.4 is 9.64 Å². The lowest BCUT2D eigenvalue weighted by molar-refractivity contribution is -0.574. The Balaban J connectivity index is 1.74. The normalized spacial score (nSPS) is 26.0. The largest absolute Gasteiger partial charge is 0.477 e. The van der Waals surface area contributed by atoms with Crippen LogP contribution in [0.4, 0.5) is 5.69 Å². The zero-order chi connectivity index (χ0) is 28.4. The van der Waals surface area contributed by atoms with E-state index < -0.39 is 27.9 Å². The minimum Gasteiger partial charge on any atom is -0.477 e. The van der Waals surface area contributed by atoms with Crippen LogP contribution in [-0.2, 0) is 10.2 Å². The quantitative estimate of drug-likeness (QED) is 0.240. The molecule has 2 heterocycles. The van der Waals surface area contributed by atoms with E-state index in [0.29, 0.717) is 44.7 Å². The van der Waals surface area contributed by atoms with E-state index in [-0.39, 0.29) is 11.5 Å². The van der Waals surface area contributed by atoms with Crippen molar-refractivity contribution in [2.75, 3.05) is 11.4 Å². The molecule has 0 aromatic heterocycles. The molecule has 0 bridgehead atoms. The van der Waals surface area contributed by atoms with Crippen molar-refractivity contribution in [1.29, 1.82) is 5.26 Å². The van der Waals surface area contributed by atoms with Crippen LogP contribution in [0, 0.1) is 28.4 Å². The van der Waals surface area contributed by atoms with Gasteiger partial charge in [-0.15, -0.1) is 0 Å². The van der Waals surface area contributed by atoms with Crippen LogP contribution in [0.3, 0.4) is 0 Å². The predicted molar refractivity (Wildman–Crippen MR) is 153 cm³/mol. The fourth-order valence-electron chi connectivity index (χ4n) is 6.81. The maximum atomic E-state index is 14.8. The number of benzene rings is 3. The van der Waals surface area contributed by atoms with E-state index in [9.17, 15) is 20.2 Å². The molecule has 2 aliphatic heterocycles. The fourth-order valence-corrected chi connectivity index (χ4v) is 7.19. The van der Waals surface area contributed by atoms with Crippen LogP contribution in [0.5, 0.6) is 5.75 Å². The highest BCUT2D eigenvalue weighted by atomic mass is 35.5. The summed E-state index contributed by atoms with van der Waals surface area (Å²) in [4.78, 5) is 29.5. The van der Waals surface area contributed by atoms with Gasteiger partial charge in [0.25, 0.3) is 5.54 Å². The Bertz CT molecular complexity index is 1660. The van der Waals surface area contributed by atoms with E-state index in [0.717, 1.165) is 18.4 Å². The number of hydrogen-bond acceptors (Lipinski definition) is 5. The monoisotopic (exact) mass is 573 g/mol. The smallest absolute Gasteiger partial charge is 0.290 e. The summed E-state index contributed by atoms with van der Waals surface area (Å²) < 4.78 is 6.40. The van der Waals surface area contributed by atoms with E-state index in [2.05, 4.69) is 6.07 Å². The average Bonchev–Trinajstić information content (AvgIpc) is 3.38. The molecule has 6 rings (SSSR count). The van der Waals surface area contributed by atoms with Gasteiger partial charge in [-0.05, 0) is 55.3 Å². The lowest BCUT2D eigenvalue weighted by Crippen LogP contribution is -2.57. The number of anilines is 1. The van der Waals surface area contributed by atoms with Gasteiger partial charge in [-0.2, -0.15) is 5.26 Å². The van der Waals surface area contributed by atoms with Gasteiger partial charge in [0.1, 0.15) is 11.2 Å². The second-order valence-electron chi connectivity index (χ2n) is 10.6. The highest BCUT2D eigenvalue weighted by Crippen LogP contribution is 2.68. The number of unbranched alkanes of at least 4 members (excludes halogenated alkanes) is 1. The molecule has 4 unspecified atom stereocenters. The number of carbonyl (C=O) groups is 1. The van der Waals surface area contributed by atoms with Crippen molar-refractivity contribution in [3.63, 3.8) is 0 Å². The van der Waals surface area contributed by atoms with Crippen LogP contribution >= 0.6 is 23.2 Å². The molecule has 7 nitrogen and oxygen atoms in total. The van der Waals surface area contributed by atoms with E-state index in [4.69, 9.17) is 27.9 Å². The first-order valence-electron chi connectivity index (χ1n) is 13.1. The third-order valence-electron chi connectivity index (χ3n) is 8.42. The number of halogens is 2. The molecular weight excluding hydrogens is 549 g/mol. The number of nitro groups is 1. The van der Waals surface area contributed by atoms with Crippen molar-refractivity contribution in [2.24, 2.45) is 0 Å². The molecule has 0 radical (unpaired) electrons. The Labute approximate surface area is 241 Å². The summed E-state index contributed by atoms with van der Waals surface area (Å²) in [5, 5.41) is 24.8. The number of nitrogens with zero attached hydrogens (tertiary/aromatic N) is 3. The fraction of sp³-hybridized carbons (Fsp3) is 0.290. The molecular formula is C31H25Cl2N3O4. The third-order valence-corrected chi connectivity index (χ3v) is 8.89. The molecule has 1 spiro atoms. The maximum Gasteiger partial charge on any atom is 0.290 e. The van der Waals surface area contributed by atoms with Gasteiger partial charge in [-0.1, -0.05) is 66.4 Å². The molecule has 4 atom stereocenters. The molecule has 1 amide bonds. The van der Waals surface area contributed by atoms with Gasteiger partial charge in [0.2, 0.25) is 5.91 Å². The molecule has 3 aliphatic rings. The third kappa shape index (κ3) is 3.39. The minimum atomic E-state index is -2.01. The van der Waals surface area contributed by atoms with Gasteiger partial charge >= 0.3 is 0 Å². The zero-order valence-electron chi connectivity index (χ0n) is 21.9. The molecule has 1 aliphatic carbocycles. The van der Waals surface area contributed by atoms with E-state index in [1.54, 1.807) is 47.4 Å². The second kappa shape index (κ2) is 9.36. The minimum absolute atomic E-state index is 0.0357. The first kappa shape index (κ1) is 26.4. The van der Waals surface area contributed by atoms with Gasteiger partial charge in [0.15, 0.2) is 6.10 Å². The molecule has 3 aromatic rings. The summed E-state index contributed by atoms with van der Waals surface area (Å²) in [6.45, 7) is 4.37.